The highest BCUT2D eigenvalue weighted by atomic mass is 15.3. The van der Waals surface area contributed by atoms with Crippen molar-refractivity contribution in [3.63, 3.8) is 0 Å². The van der Waals surface area contributed by atoms with Crippen LogP contribution in [0.3, 0.4) is 0 Å². The van der Waals surface area contributed by atoms with Crippen molar-refractivity contribution in [3.8, 4) is 45.6 Å². The third-order valence-electron chi connectivity index (χ3n) is 11.5. The number of nitrogens with zero attached hydrogens (tertiary/aromatic N) is 10. The van der Waals surface area contributed by atoms with Gasteiger partial charge in [-0.3, -0.25) is 19.9 Å². The van der Waals surface area contributed by atoms with Gasteiger partial charge >= 0.3 is 0 Å². The highest BCUT2D eigenvalue weighted by Crippen LogP contribution is 2.57. The second-order valence-electron chi connectivity index (χ2n) is 15.1. The van der Waals surface area contributed by atoms with E-state index >= 15 is 0 Å². The van der Waals surface area contributed by atoms with Crippen LogP contribution in [0.5, 0.6) is 0 Å². The summed E-state index contributed by atoms with van der Waals surface area (Å²) >= 11 is 0. The second kappa shape index (κ2) is 15.3. The maximum absolute atomic E-state index is 5.30. The Kier molecular flexibility index (Phi) is 9.08. The third-order valence-corrected chi connectivity index (χ3v) is 11.5. The molecule has 0 bridgehead atoms. The van der Waals surface area contributed by atoms with Gasteiger partial charge in [-0.25, -0.2) is 24.9 Å². The maximum atomic E-state index is 5.30. The average molecular weight is 801 g/mol. The zero-order valence-corrected chi connectivity index (χ0v) is 33.5. The monoisotopic (exact) mass is 800 g/mol. The van der Waals surface area contributed by atoms with Crippen LogP contribution in [0.15, 0.2) is 205 Å². The molecule has 0 saturated carbocycles. The first kappa shape index (κ1) is 36.7. The predicted molar refractivity (Wildman–Crippen MR) is 241 cm³/mol. The van der Waals surface area contributed by atoms with E-state index in [1.165, 1.54) is 0 Å². The summed E-state index contributed by atoms with van der Waals surface area (Å²) in [6.07, 6.45) is 6.66. The van der Waals surface area contributed by atoms with Crippen LogP contribution in [-0.2, 0) is 5.41 Å². The summed E-state index contributed by atoms with van der Waals surface area (Å²) in [6, 6.07) is 57.8. The molecular formula is C52H36N10. The molecule has 1 aliphatic carbocycles. The minimum atomic E-state index is -0.750. The second-order valence-corrected chi connectivity index (χ2v) is 15.1. The van der Waals surface area contributed by atoms with Crippen LogP contribution >= 0.6 is 0 Å². The van der Waals surface area contributed by atoms with Gasteiger partial charge < -0.3 is 4.90 Å². The number of hydrogen-bond donors (Lipinski definition) is 0. The first-order chi connectivity index (χ1) is 30.6. The Morgan fingerprint density at radius 1 is 0.452 bits per heavy atom. The molecule has 10 nitrogen and oxygen atoms in total. The molecule has 6 heterocycles. The van der Waals surface area contributed by atoms with E-state index in [0.717, 1.165) is 55.9 Å². The third kappa shape index (κ3) is 6.24. The van der Waals surface area contributed by atoms with Crippen LogP contribution in [0.2, 0.25) is 0 Å². The van der Waals surface area contributed by atoms with Gasteiger partial charge in [0.2, 0.25) is 0 Å². The number of amidine groups is 2. The molecule has 1 aliphatic heterocycles. The van der Waals surface area contributed by atoms with Crippen molar-refractivity contribution in [1.29, 1.82) is 0 Å². The van der Waals surface area contributed by atoms with Crippen molar-refractivity contribution in [2.24, 2.45) is 9.98 Å². The first-order valence-electron chi connectivity index (χ1n) is 20.4. The summed E-state index contributed by atoms with van der Waals surface area (Å²) < 4.78 is 0. The van der Waals surface area contributed by atoms with Crippen LogP contribution in [-0.4, -0.2) is 58.5 Å². The number of aromatic nitrogens is 7. The van der Waals surface area contributed by atoms with Crippen molar-refractivity contribution in [1.82, 2.24) is 39.8 Å². The lowest BCUT2D eigenvalue weighted by atomic mass is 9.67. The molecule has 9 aromatic rings. The van der Waals surface area contributed by atoms with Crippen molar-refractivity contribution >= 4 is 11.7 Å². The molecule has 294 valence electrons. The molecule has 0 saturated heterocycles. The summed E-state index contributed by atoms with van der Waals surface area (Å²) in [5.41, 5.74) is 10.5. The Labute approximate surface area is 358 Å². The van der Waals surface area contributed by atoms with Crippen LogP contribution in [0, 0.1) is 0 Å². The minimum Gasteiger partial charge on any atom is -0.331 e. The van der Waals surface area contributed by atoms with Gasteiger partial charge in [0.05, 0.1) is 11.1 Å². The number of pyridine rings is 4. The SMILES string of the molecule is CN1C(c2ccccn2)=NC(c2ccc3c(c2)C(c2ccccc2)(c2ccccc2)c2cc(-c4nc(-c5ccccn5)nc(-c5ccccn5)n4)ccc2-3)=NC1c1ccccn1. The normalized spacial score (nSPS) is 15.0. The Morgan fingerprint density at radius 3 is 1.47 bits per heavy atom. The van der Waals surface area contributed by atoms with Gasteiger partial charge in [0.1, 0.15) is 17.1 Å². The van der Waals surface area contributed by atoms with Crippen molar-refractivity contribution < 1.29 is 0 Å². The number of hydrogen-bond acceptors (Lipinski definition) is 10. The topological polar surface area (TPSA) is 118 Å². The molecule has 4 aromatic carbocycles. The van der Waals surface area contributed by atoms with Gasteiger partial charge in [-0.05, 0) is 94.0 Å². The van der Waals surface area contributed by atoms with E-state index < -0.39 is 11.6 Å². The average Bonchev–Trinajstić information content (AvgIpc) is 3.65. The highest BCUT2D eigenvalue weighted by Gasteiger charge is 2.47. The summed E-state index contributed by atoms with van der Waals surface area (Å²) in [5.74, 6) is 2.77. The van der Waals surface area contributed by atoms with E-state index in [1.807, 2.05) is 84.7 Å². The van der Waals surface area contributed by atoms with E-state index in [0.29, 0.717) is 40.5 Å². The molecule has 0 fully saturated rings. The van der Waals surface area contributed by atoms with E-state index in [-0.39, 0.29) is 0 Å². The molecule has 10 heteroatoms. The van der Waals surface area contributed by atoms with E-state index in [2.05, 4.69) is 107 Å². The van der Waals surface area contributed by atoms with Gasteiger partial charge in [-0.15, -0.1) is 0 Å². The van der Waals surface area contributed by atoms with Crippen LogP contribution in [0.1, 0.15) is 45.4 Å². The molecule has 0 N–H and O–H groups in total. The molecule has 0 radical (unpaired) electrons. The number of benzene rings is 4. The number of rotatable bonds is 8. The van der Waals surface area contributed by atoms with Gasteiger partial charge in [0.25, 0.3) is 0 Å². The Hall–Kier alpha value is -8.37. The van der Waals surface area contributed by atoms with Gasteiger partial charge in [-0.2, -0.15) is 0 Å². The summed E-state index contributed by atoms with van der Waals surface area (Å²) in [5, 5.41) is 0. The molecular weight excluding hydrogens is 765 g/mol. The maximum Gasteiger partial charge on any atom is 0.182 e. The van der Waals surface area contributed by atoms with Crippen LogP contribution < -0.4 is 0 Å². The fraction of sp³-hybridized carbons (Fsp3) is 0.0577. The Balaban J connectivity index is 1.14. The lowest BCUT2D eigenvalue weighted by molar-refractivity contribution is 0.374. The Bertz CT molecular complexity index is 3030. The zero-order valence-electron chi connectivity index (χ0n) is 33.5. The molecule has 0 spiro atoms. The van der Waals surface area contributed by atoms with E-state index in [9.17, 15) is 0 Å². The van der Waals surface area contributed by atoms with Crippen molar-refractivity contribution in [3.05, 3.63) is 234 Å². The number of fused-ring (bicyclic) bond motifs is 3. The first-order valence-corrected chi connectivity index (χ1v) is 20.4. The molecule has 62 heavy (non-hydrogen) atoms. The predicted octanol–water partition coefficient (Wildman–Crippen LogP) is 9.65. The molecule has 5 aromatic heterocycles. The lowest BCUT2D eigenvalue weighted by Crippen LogP contribution is -2.36. The van der Waals surface area contributed by atoms with Crippen LogP contribution in [0.4, 0.5) is 0 Å². The standard InChI is InChI=1S/C52H36N10/c1-62-50(44-22-10-14-30-55-44)60-47(61-51(62)45-23-11-15-31-56-45)35-25-27-39-38-26-24-34(46-57-48(42-20-8-12-28-53-42)59-49(58-46)43-21-9-13-29-54-43)32-40(38)52(41(39)33-35,36-16-4-2-5-17-36)37-18-6-3-7-19-37/h2-33,50H,1H3. The largest absolute Gasteiger partial charge is 0.331 e. The van der Waals surface area contributed by atoms with Crippen molar-refractivity contribution in [2.45, 2.75) is 11.6 Å². The van der Waals surface area contributed by atoms with Gasteiger partial charge in [-0.1, -0.05) is 109 Å². The van der Waals surface area contributed by atoms with Crippen molar-refractivity contribution in [2.75, 3.05) is 7.05 Å². The quantitative estimate of drug-likeness (QED) is 0.149. The van der Waals surface area contributed by atoms with Crippen LogP contribution in [0.25, 0.3) is 45.6 Å². The van der Waals surface area contributed by atoms with Gasteiger partial charge in [0.15, 0.2) is 35.3 Å². The highest BCUT2D eigenvalue weighted by molar-refractivity contribution is 6.12. The zero-order chi connectivity index (χ0) is 41.5. The Morgan fingerprint density at radius 2 is 0.935 bits per heavy atom. The van der Waals surface area contributed by atoms with E-state index in [1.54, 1.807) is 24.8 Å². The smallest absolute Gasteiger partial charge is 0.182 e. The summed E-state index contributed by atoms with van der Waals surface area (Å²) in [4.78, 5) is 46.2. The molecule has 0 amide bonds. The molecule has 2 aliphatic rings. The summed E-state index contributed by atoms with van der Waals surface area (Å²) in [6.45, 7) is 0. The molecule has 11 rings (SSSR count). The number of aliphatic imine (C=N–C) groups is 2. The fourth-order valence-electron chi connectivity index (χ4n) is 8.68. The van der Waals surface area contributed by atoms with Gasteiger partial charge in [0, 0.05) is 43.0 Å². The lowest BCUT2D eigenvalue weighted by Gasteiger charge is -2.34. The van der Waals surface area contributed by atoms with E-state index in [4.69, 9.17) is 34.9 Å². The minimum absolute atomic E-state index is 0.422. The molecule has 1 atom stereocenters. The molecule has 1 unspecified atom stereocenters. The fourth-order valence-corrected chi connectivity index (χ4v) is 8.68. The summed E-state index contributed by atoms with van der Waals surface area (Å²) in [7, 11) is 1.99.